The minimum atomic E-state index is -0.326. The molecular formula is C30H39N3O5S. The Kier molecular flexibility index (Phi) is 11.5. The summed E-state index contributed by atoms with van der Waals surface area (Å²) in [6, 6.07) is 16.8. The summed E-state index contributed by atoms with van der Waals surface area (Å²) in [5, 5.41) is 2.92. The van der Waals surface area contributed by atoms with Crippen molar-refractivity contribution in [3.63, 3.8) is 0 Å². The third-order valence-electron chi connectivity index (χ3n) is 6.36. The van der Waals surface area contributed by atoms with Gasteiger partial charge in [0.15, 0.2) is 11.5 Å². The summed E-state index contributed by atoms with van der Waals surface area (Å²) in [6.07, 6.45) is 2.34. The van der Waals surface area contributed by atoms with Crippen molar-refractivity contribution in [1.82, 2.24) is 9.80 Å². The van der Waals surface area contributed by atoms with E-state index in [1.165, 1.54) is 4.88 Å². The molecule has 0 saturated heterocycles. The van der Waals surface area contributed by atoms with Gasteiger partial charge in [0, 0.05) is 22.8 Å². The van der Waals surface area contributed by atoms with Crippen LogP contribution in [0.25, 0.3) is 0 Å². The van der Waals surface area contributed by atoms with Crippen LogP contribution in [0.5, 0.6) is 17.2 Å². The van der Waals surface area contributed by atoms with Gasteiger partial charge in [0.05, 0.1) is 33.6 Å². The smallest absolute Gasteiger partial charge is 0.322 e. The molecule has 3 amide bonds. The molecule has 0 unspecified atom stereocenters. The zero-order valence-corrected chi connectivity index (χ0v) is 24.3. The molecule has 210 valence electrons. The van der Waals surface area contributed by atoms with Crippen LogP contribution in [0, 0.1) is 6.92 Å². The fraction of sp³-hybridized carbons (Fsp3) is 0.400. The topological polar surface area (TPSA) is 80.3 Å². The monoisotopic (exact) mass is 553 g/mol. The summed E-state index contributed by atoms with van der Waals surface area (Å²) in [4.78, 5) is 32.7. The van der Waals surface area contributed by atoms with Crippen molar-refractivity contribution >= 4 is 29.0 Å². The van der Waals surface area contributed by atoms with E-state index < -0.39 is 0 Å². The Labute approximate surface area is 235 Å². The van der Waals surface area contributed by atoms with Crippen LogP contribution in [0.1, 0.15) is 35.1 Å². The number of hydrogen-bond donors (Lipinski definition) is 1. The van der Waals surface area contributed by atoms with Crippen molar-refractivity contribution in [2.45, 2.75) is 39.7 Å². The normalized spacial score (nSPS) is 10.6. The Balaban J connectivity index is 1.77. The number of unbranched alkanes of at least 4 members (excludes halogenated alkanes) is 1. The molecule has 0 aliphatic rings. The van der Waals surface area contributed by atoms with E-state index in [1.54, 1.807) is 49.7 Å². The molecular weight excluding hydrogens is 514 g/mol. The average molecular weight is 554 g/mol. The van der Waals surface area contributed by atoms with E-state index in [0.717, 1.165) is 23.3 Å². The molecule has 0 radical (unpaired) electrons. The van der Waals surface area contributed by atoms with E-state index in [4.69, 9.17) is 14.2 Å². The lowest BCUT2D eigenvalue weighted by molar-refractivity contribution is -0.132. The van der Waals surface area contributed by atoms with Gasteiger partial charge in [-0.2, -0.15) is 0 Å². The molecule has 0 saturated carbocycles. The Morgan fingerprint density at radius 3 is 2.28 bits per heavy atom. The largest absolute Gasteiger partial charge is 0.495 e. The number of amides is 3. The molecule has 1 aromatic heterocycles. The van der Waals surface area contributed by atoms with Crippen LogP contribution in [0.2, 0.25) is 0 Å². The number of nitrogens with one attached hydrogen (secondary N) is 1. The van der Waals surface area contributed by atoms with Crippen molar-refractivity contribution in [2.24, 2.45) is 0 Å². The standard InChI is InChI=1S/C30H39N3O5S/c1-6-7-17-33(30(35)31-25-10-8-9-11-26(25)36-3)21-29(34)32(20-24-14-12-22(2)39-24)18-16-23-13-15-27(37-4)28(19-23)38-5/h8-15,19H,6-7,16-18,20-21H2,1-5H3,(H,31,35). The second-order valence-corrected chi connectivity index (χ2v) is 10.5. The highest BCUT2D eigenvalue weighted by atomic mass is 32.1. The number of carbonyl (C=O) groups is 2. The number of benzene rings is 2. The van der Waals surface area contributed by atoms with Crippen LogP contribution >= 0.6 is 11.3 Å². The summed E-state index contributed by atoms with van der Waals surface area (Å²) in [7, 11) is 4.78. The van der Waals surface area contributed by atoms with E-state index in [9.17, 15) is 9.59 Å². The molecule has 3 aromatic rings. The van der Waals surface area contributed by atoms with Gasteiger partial charge in [-0.25, -0.2) is 4.79 Å². The van der Waals surface area contributed by atoms with E-state index in [-0.39, 0.29) is 18.5 Å². The van der Waals surface area contributed by atoms with Crippen molar-refractivity contribution in [2.75, 3.05) is 46.3 Å². The zero-order chi connectivity index (χ0) is 28.2. The van der Waals surface area contributed by atoms with Gasteiger partial charge in [-0.3, -0.25) is 4.79 Å². The zero-order valence-electron chi connectivity index (χ0n) is 23.5. The molecule has 9 heteroatoms. The van der Waals surface area contributed by atoms with Gasteiger partial charge in [0.2, 0.25) is 5.91 Å². The van der Waals surface area contributed by atoms with Crippen molar-refractivity contribution in [3.05, 3.63) is 69.9 Å². The molecule has 0 atom stereocenters. The second-order valence-electron chi connectivity index (χ2n) is 9.17. The maximum Gasteiger partial charge on any atom is 0.322 e. The van der Waals surface area contributed by atoms with Crippen molar-refractivity contribution < 1.29 is 23.8 Å². The average Bonchev–Trinajstić information content (AvgIpc) is 3.37. The van der Waals surface area contributed by atoms with E-state index in [1.807, 2.05) is 35.2 Å². The lowest BCUT2D eigenvalue weighted by Crippen LogP contribution is -2.45. The number of hydrogen-bond acceptors (Lipinski definition) is 6. The molecule has 0 aliphatic heterocycles. The summed E-state index contributed by atoms with van der Waals surface area (Å²) >= 11 is 1.67. The third-order valence-corrected chi connectivity index (χ3v) is 7.34. The Bertz CT molecular complexity index is 1230. The Morgan fingerprint density at radius 1 is 0.872 bits per heavy atom. The third kappa shape index (κ3) is 8.64. The number of rotatable bonds is 14. The van der Waals surface area contributed by atoms with Crippen LogP contribution < -0.4 is 19.5 Å². The van der Waals surface area contributed by atoms with Crippen LogP contribution in [-0.2, 0) is 17.8 Å². The van der Waals surface area contributed by atoms with E-state index >= 15 is 0 Å². The van der Waals surface area contributed by atoms with Crippen LogP contribution in [-0.4, -0.2) is 62.7 Å². The van der Waals surface area contributed by atoms with Gasteiger partial charge < -0.3 is 29.3 Å². The molecule has 2 aromatic carbocycles. The van der Waals surface area contributed by atoms with E-state index in [2.05, 4.69) is 31.3 Å². The van der Waals surface area contributed by atoms with E-state index in [0.29, 0.717) is 49.0 Å². The summed E-state index contributed by atoms with van der Waals surface area (Å²) in [6.45, 7) is 5.56. The summed E-state index contributed by atoms with van der Waals surface area (Å²) in [5.41, 5.74) is 1.60. The highest BCUT2D eigenvalue weighted by Gasteiger charge is 2.23. The SMILES string of the molecule is CCCCN(CC(=O)N(CCc1ccc(OC)c(OC)c1)Cc1ccc(C)s1)C(=O)Nc1ccccc1OC. The van der Waals surface area contributed by atoms with Gasteiger partial charge in [-0.1, -0.05) is 31.5 Å². The number of para-hydroxylation sites is 2. The van der Waals surface area contributed by atoms with Crippen LogP contribution in [0.3, 0.4) is 0 Å². The Hall–Kier alpha value is -3.72. The first-order chi connectivity index (χ1) is 18.9. The molecule has 3 rings (SSSR count). The van der Waals surface area contributed by atoms with Gasteiger partial charge in [-0.15, -0.1) is 11.3 Å². The lowest BCUT2D eigenvalue weighted by Gasteiger charge is -2.28. The molecule has 1 heterocycles. The molecule has 8 nitrogen and oxygen atoms in total. The minimum absolute atomic E-state index is 0.0166. The summed E-state index contributed by atoms with van der Waals surface area (Å²) < 4.78 is 16.2. The number of thiophene rings is 1. The molecule has 0 bridgehead atoms. The quantitative estimate of drug-likeness (QED) is 0.265. The first-order valence-electron chi connectivity index (χ1n) is 13.1. The van der Waals surface area contributed by atoms with Gasteiger partial charge in [-0.05, 0) is 61.7 Å². The number of urea groups is 1. The Morgan fingerprint density at radius 2 is 1.62 bits per heavy atom. The number of aryl methyl sites for hydroxylation is 1. The number of methoxy groups -OCH3 is 3. The fourth-order valence-corrected chi connectivity index (χ4v) is 5.06. The second kappa shape index (κ2) is 15.0. The molecule has 0 fully saturated rings. The molecule has 39 heavy (non-hydrogen) atoms. The maximum absolute atomic E-state index is 13.7. The maximum atomic E-state index is 13.7. The fourth-order valence-electron chi connectivity index (χ4n) is 4.16. The number of anilines is 1. The molecule has 1 N–H and O–H groups in total. The minimum Gasteiger partial charge on any atom is -0.495 e. The number of ether oxygens (including phenoxy) is 3. The van der Waals surface area contributed by atoms with Crippen molar-refractivity contribution in [1.29, 1.82) is 0 Å². The van der Waals surface area contributed by atoms with Crippen LogP contribution in [0.15, 0.2) is 54.6 Å². The highest BCUT2D eigenvalue weighted by molar-refractivity contribution is 7.11. The highest BCUT2D eigenvalue weighted by Crippen LogP contribution is 2.28. The predicted molar refractivity (Wildman–Crippen MR) is 156 cm³/mol. The first kappa shape index (κ1) is 29.8. The van der Waals surface area contributed by atoms with Gasteiger partial charge in [0.1, 0.15) is 12.3 Å². The molecule has 0 spiro atoms. The predicted octanol–water partition coefficient (Wildman–Crippen LogP) is 5.99. The number of carbonyl (C=O) groups excluding carboxylic acids is 2. The first-order valence-corrected chi connectivity index (χ1v) is 13.9. The van der Waals surface area contributed by atoms with Gasteiger partial charge in [0.25, 0.3) is 0 Å². The summed E-state index contributed by atoms with van der Waals surface area (Å²) in [5.74, 6) is 1.78. The van der Waals surface area contributed by atoms with Crippen LogP contribution in [0.4, 0.5) is 10.5 Å². The number of nitrogens with zero attached hydrogens (tertiary/aromatic N) is 2. The molecule has 0 aliphatic carbocycles. The lowest BCUT2D eigenvalue weighted by atomic mass is 10.1. The van der Waals surface area contributed by atoms with Crippen molar-refractivity contribution in [3.8, 4) is 17.2 Å². The van der Waals surface area contributed by atoms with Gasteiger partial charge >= 0.3 is 6.03 Å².